The molecule has 1 saturated carbocycles. The first-order chi connectivity index (χ1) is 12.8. The fraction of sp³-hybridized carbons (Fsp3) is 0.769. The molecule has 1 aromatic carbocycles. The molecule has 148 valence electrons. The van der Waals surface area contributed by atoms with E-state index in [-0.39, 0.29) is 0 Å². The van der Waals surface area contributed by atoms with Gasteiger partial charge in [-0.2, -0.15) is 0 Å². The van der Waals surface area contributed by atoms with Gasteiger partial charge in [0.25, 0.3) is 0 Å². The highest BCUT2D eigenvalue weighted by atomic mass is 14.3. The highest BCUT2D eigenvalue weighted by Gasteiger charge is 2.21. The van der Waals surface area contributed by atoms with Crippen molar-refractivity contribution in [1.82, 2.24) is 0 Å². The minimum Gasteiger partial charge on any atom is -0.0654 e. The smallest absolute Gasteiger partial charge is 0.0162 e. The Labute approximate surface area is 164 Å². The van der Waals surface area contributed by atoms with Crippen LogP contribution >= 0.6 is 0 Å². The molecule has 0 heterocycles. The van der Waals surface area contributed by atoms with Crippen LogP contribution in [0.5, 0.6) is 0 Å². The number of benzene rings is 1. The molecular weight excluding hydrogens is 312 g/mol. The fourth-order valence-electron chi connectivity index (χ4n) is 4.71. The number of hydrogen-bond acceptors (Lipinski definition) is 0. The number of hydrogen-bond donors (Lipinski definition) is 0. The van der Waals surface area contributed by atoms with Crippen LogP contribution in [0.1, 0.15) is 127 Å². The summed E-state index contributed by atoms with van der Waals surface area (Å²) in [7, 11) is 0. The van der Waals surface area contributed by atoms with Gasteiger partial charge >= 0.3 is 0 Å². The molecule has 0 atom stereocenters. The second kappa shape index (κ2) is 13.4. The highest BCUT2D eigenvalue weighted by Crippen LogP contribution is 2.37. The van der Waals surface area contributed by atoms with E-state index in [2.05, 4.69) is 38.1 Å². The minimum absolute atomic E-state index is 0.838. The normalized spacial score (nSPS) is 20.4. The van der Waals surface area contributed by atoms with Crippen molar-refractivity contribution >= 4 is 0 Å². The molecule has 0 aromatic heterocycles. The van der Waals surface area contributed by atoms with E-state index in [0.29, 0.717) is 0 Å². The fourth-order valence-corrected chi connectivity index (χ4v) is 4.71. The van der Waals surface area contributed by atoms with Crippen LogP contribution in [0.3, 0.4) is 0 Å². The summed E-state index contributed by atoms with van der Waals surface area (Å²) in [4.78, 5) is 0. The molecule has 1 aliphatic carbocycles. The lowest BCUT2D eigenvalue weighted by molar-refractivity contribution is 0.301. The van der Waals surface area contributed by atoms with Gasteiger partial charge in [-0.3, -0.25) is 0 Å². The maximum atomic E-state index is 2.43. The van der Waals surface area contributed by atoms with Gasteiger partial charge in [-0.1, -0.05) is 102 Å². The van der Waals surface area contributed by atoms with E-state index >= 15 is 0 Å². The summed E-state index contributed by atoms with van der Waals surface area (Å²) < 4.78 is 0. The van der Waals surface area contributed by atoms with Crippen molar-refractivity contribution < 1.29 is 0 Å². The highest BCUT2D eigenvalue weighted by molar-refractivity contribution is 5.25. The average Bonchev–Trinajstić information content (AvgIpc) is 2.69. The molecule has 1 fully saturated rings. The maximum absolute atomic E-state index is 2.43. The van der Waals surface area contributed by atoms with Gasteiger partial charge in [0.15, 0.2) is 0 Å². The Morgan fingerprint density at radius 3 is 1.88 bits per heavy atom. The number of aryl methyl sites for hydroxylation is 1. The van der Waals surface area contributed by atoms with Gasteiger partial charge in [0.1, 0.15) is 0 Å². The molecule has 0 bridgehead atoms. The molecule has 0 N–H and O–H groups in total. The van der Waals surface area contributed by atoms with Crippen LogP contribution < -0.4 is 0 Å². The van der Waals surface area contributed by atoms with Crippen LogP contribution in [0.25, 0.3) is 0 Å². The van der Waals surface area contributed by atoms with Crippen molar-refractivity contribution in [3.05, 3.63) is 35.4 Å². The van der Waals surface area contributed by atoms with Gasteiger partial charge in [-0.15, -0.1) is 0 Å². The summed E-state index contributed by atoms with van der Waals surface area (Å²) in [6.07, 6.45) is 22.7. The minimum atomic E-state index is 0.838. The summed E-state index contributed by atoms with van der Waals surface area (Å²) in [5, 5.41) is 0. The molecule has 1 aliphatic rings. The number of unbranched alkanes of at least 4 members (excludes halogenated alkanes) is 8. The van der Waals surface area contributed by atoms with Gasteiger partial charge in [0.05, 0.1) is 0 Å². The zero-order chi connectivity index (χ0) is 18.5. The Bertz CT molecular complexity index is 436. The van der Waals surface area contributed by atoms with Crippen molar-refractivity contribution in [1.29, 1.82) is 0 Å². The van der Waals surface area contributed by atoms with E-state index in [9.17, 15) is 0 Å². The third kappa shape index (κ3) is 8.28. The summed E-state index contributed by atoms with van der Waals surface area (Å²) in [6.45, 7) is 4.59. The lowest BCUT2D eigenvalue weighted by Gasteiger charge is -2.29. The van der Waals surface area contributed by atoms with Crippen LogP contribution in [0, 0.1) is 5.92 Å². The van der Waals surface area contributed by atoms with Gasteiger partial charge in [0, 0.05) is 0 Å². The first-order valence-corrected chi connectivity index (χ1v) is 11.9. The summed E-state index contributed by atoms with van der Waals surface area (Å²) in [5.41, 5.74) is 3.15. The first-order valence-electron chi connectivity index (χ1n) is 11.9. The largest absolute Gasteiger partial charge is 0.0654 e. The van der Waals surface area contributed by atoms with Gasteiger partial charge in [0.2, 0.25) is 0 Å². The Hall–Kier alpha value is -0.780. The van der Waals surface area contributed by atoms with E-state index in [1.807, 2.05) is 0 Å². The van der Waals surface area contributed by atoms with Crippen molar-refractivity contribution in [2.75, 3.05) is 0 Å². The van der Waals surface area contributed by atoms with Gasteiger partial charge < -0.3 is 0 Å². The van der Waals surface area contributed by atoms with Crippen molar-refractivity contribution in [3.8, 4) is 0 Å². The molecule has 0 unspecified atom stereocenters. The Balaban J connectivity index is 1.59. The molecule has 0 nitrogen and oxygen atoms in total. The monoisotopic (exact) mass is 356 g/mol. The Kier molecular flexibility index (Phi) is 11.1. The molecule has 26 heavy (non-hydrogen) atoms. The average molecular weight is 357 g/mol. The van der Waals surface area contributed by atoms with Crippen LogP contribution in [0.4, 0.5) is 0 Å². The van der Waals surface area contributed by atoms with E-state index < -0.39 is 0 Å². The van der Waals surface area contributed by atoms with Crippen molar-refractivity contribution in [2.45, 2.75) is 122 Å². The molecule has 0 aliphatic heterocycles. The van der Waals surface area contributed by atoms with E-state index in [1.165, 1.54) is 108 Å². The summed E-state index contributed by atoms with van der Waals surface area (Å²) in [6, 6.07) is 9.66. The predicted octanol–water partition coefficient (Wildman–Crippen LogP) is 8.83. The molecule has 0 saturated heterocycles. The molecule has 2 rings (SSSR count). The third-order valence-electron chi connectivity index (χ3n) is 6.58. The molecule has 0 radical (unpaired) electrons. The second-order valence-corrected chi connectivity index (χ2v) is 8.83. The standard InChI is InChI=1S/C26H44/c1-3-5-7-8-9-10-12-14-24-17-21-26(22-18-24)25-19-15-23(16-20-25)13-11-6-4-2/h15-16,19-20,24,26H,3-14,17-18,21-22H2,1-2H3. The lowest BCUT2D eigenvalue weighted by Crippen LogP contribution is -2.13. The zero-order valence-corrected chi connectivity index (χ0v) is 17.8. The second-order valence-electron chi connectivity index (χ2n) is 8.83. The van der Waals surface area contributed by atoms with Crippen molar-refractivity contribution in [2.24, 2.45) is 5.92 Å². The van der Waals surface area contributed by atoms with Crippen LogP contribution in [0.2, 0.25) is 0 Å². The SMILES string of the molecule is CCCCCCCCCC1CCC(c2ccc(CCCCC)cc2)CC1. The van der Waals surface area contributed by atoms with Crippen molar-refractivity contribution in [3.63, 3.8) is 0 Å². The van der Waals surface area contributed by atoms with Crippen LogP contribution in [0.15, 0.2) is 24.3 Å². The Morgan fingerprint density at radius 2 is 1.23 bits per heavy atom. The van der Waals surface area contributed by atoms with Gasteiger partial charge in [-0.05, 0) is 61.5 Å². The van der Waals surface area contributed by atoms with E-state index in [4.69, 9.17) is 0 Å². The van der Waals surface area contributed by atoms with E-state index in [1.54, 1.807) is 5.56 Å². The lowest BCUT2D eigenvalue weighted by atomic mass is 9.77. The first kappa shape index (κ1) is 21.5. The Morgan fingerprint density at radius 1 is 0.654 bits per heavy atom. The third-order valence-corrected chi connectivity index (χ3v) is 6.58. The van der Waals surface area contributed by atoms with Crippen LogP contribution in [-0.4, -0.2) is 0 Å². The molecule has 1 aromatic rings. The quantitative estimate of drug-likeness (QED) is 0.310. The van der Waals surface area contributed by atoms with E-state index in [0.717, 1.165) is 11.8 Å². The molecule has 0 spiro atoms. The number of rotatable bonds is 13. The maximum Gasteiger partial charge on any atom is -0.0162 e. The zero-order valence-electron chi connectivity index (χ0n) is 17.8. The topological polar surface area (TPSA) is 0 Å². The summed E-state index contributed by atoms with van der Waals surface area (Å²) >= 11 is 0. The van der Waals surface area contributed by atoms with Crippen LogP contribution in [-0.2, 0) is 6.42 Å². The van der Waals surface area contributed by atoms with Gasteiger partial charge in [-0.25, -0.2) is 0 Å². The molecular formula is C26H44. The molecule has 0 amide bonds. The predicted molar refractivity (Wildman–Crippen MR) is 117 cm³/mol. The molecule has 0 heteroatoms. The summed E-state index contributed by atoms with van der Waals surface area (Å²) in [5.74, 6) is 1.86.